The van der Waals surface area contributed by atoms with E-state index in [2.05, 4.69) is 26.0 Å². The van der Waals surface area contributed by atoms with Gasteiger partial charge in [0.1, 0.15) is 17.4 Å². The Morgan fingerprint density at radius 1 is 1.17 bits per heavy atom. The molecule has 0 bridgehead atoms. The van der Waals surface area contributed by atoms with Crippen molar-refractivity contribution in [3.8, 4) is 0 Å². The molecule has 186 valence electrons. The Hall–Kier alpha value is -4.48. The molecule has 1 aromatic carbocycles. The molecule has 1 aliphatic rings. The highest BCUT2D eigenvalue weighted by Gasteiger charge is 2.25. The van der Waals surface area contributed by atoms with E-state index in [4.69, 9.17) is 4.42 Å². The van der Waals surface area contributed by atoms with E-state index in [1.54, 1.807) is 38.2 Å². The van der Waals surface area contributed by atoms with Crippen LogP contribution in [0.25, 0.3) is 16.7 Å². The van der Waals surface area contributed by atoms with Gasteiger partial charge in [-0.15, -0.1) is 0 Å². The van der Waals surface area contributed by atoms with Crippen LogP contribution in [0, 0.1) is 0 Å². The van der Waals surface area contributed by atoms with Crippen LogP contribution >= 0.6 is 0 Å². The van der Waals surface area contributed by atoms with Crippen molar-refractivity contribution in [1.82, 2.24) is 35.1 Å². The van der Waals surface area contributed by atoms with Crippen LogP contribution in [0.5, 0.6) is 0 Å². The minimum atomic E-state index is -0.761. The van der Waals surface area contributed by atoms with Crippen LogP contribution in [0.15, 0.2) is 45.7 Å². The number of carbonyl (C=O) groups excluding carboxylic acids is 3. The molecule has 1 atom stereocenters. The van der Waals surface area contributed by atoms with Crippen LogP contribution in [0.4, 0.5) is 0 Å². The van der Waals surface area contributed by atoms with E-state index in [9.17, 15) is 19.2 Å². The summed E-state index contributed by atoms with van der Waals surface area (Å²) >= 11 is 0. The van der Waals surface area contributed by atoms with Gasteiger partial charge >= 0.3 is 5.76 Å². The van der Waals surface area contributed by atoms with Crippen LogP contribution in [0.3, 0.4) is 0 Å². The van der Waals surface area contributed by atoms with E-state index in [0.717, 1.165) is 24.8 Å². The van der Waals surface area contributed by atoms with Gasteiger partial charge < -0.3 is 20.4 Å². The maximum absolute atomic E-state index is 13.0. The van der Waals surface area contributed by atoms with E-state index < -0.39 is 23.6 Å². The molecule has 0 saturated heterocycles. The number of aryl methyl sites for hydroxylation is 1. The predicted molar refractivity (Wildman–Crippen MR) is 128 cm³/mol. The van der Waals surface area contributed by atoms with Gasteiger partial charge in [0.05, 0.1) is 11.7 Å². The van der Waals surface area contributed by atoms with Crippen LogP contribution < -0.4 is 21.7 Å². The second-order valence-corrected chi connectivity index (χ2v) is 8.87. The maximum Gasteiger partial charge on any atom is 0.419 e. The summed E-state index contributed by atoms with van der Waals surface area (Å²) in [5.41, 5.74) is 2.23. The first-order valence-corrected chi connectivity index (χ1v) is 11.6. The molecule has 36 heavy (non-hydrogen) atoms. The molecule has 3 heterocycles. The first kappa shape index (κ1) is 23.3. The van der Waals surface area contributed by atoms with E-state index in [1.165, 1.54) is 21.3 Å². The third-order valence-electron chi connectivity index (χ3n) is 6.33. The van der Waals surface area contributed by atoms with Crippen LogP contribution in [0.2, 0.25) is 0 Å². The molecule has 0 spiro atoms. The monoisotopic (exact) mass is 491 g/mol. The number of benzene rings is 1. The molecule has 3 amide bonds. The van der Waals surface area contributed by atoms with Crippen LogP contribution in [0.1, 0.15) is 52.7 Å². The van der Waals surface area contributed by atoms with Gasteiger partial charge in [0.25, 0.3) is 11.8 Å². The average molecular weight is 492 g/mol. The average Bonchev–Trinajstić information content (AvgIpc) is 3.43. The van der Waals surface area contributed by atoms with Crippen LogP contribution in [-0.2, 0) is 18.4 Å². The fraction of sp³-hybridized carbons (Fsp3) is 0.333. The van der Waals surface area contributed by atoms with Crippen molar-refractivity contribution in [3.63, 3.8) is 0 Å². The number of hydrogen-bond acceptors (Lipinski definition) is 7. The number of carbonyl (C=O) groups is 3. The molecular weight excluding hydrogens is 466 g/mol. The molecule has 1 fully saturated rings. The van der Waals surface area contributed by atoms with Gasteiger partial charge in [-0.3, -0.25) is 19.0 Å². The Labute approximate surface area is 204 Å². The van der Waals surface area contributed by atoms with Gasteiger partial charge in [-0.25, -0.2) is 14.3 Å². The Balaban J connectivity index is 1.31. The van der Waals surface area contributed by atoms with Gasteiger partial charge in [0.15, 0.2) is 11.2 Å². The van der Waals surface area contributed by atoms with Crippen molar-refractivity contribution >= 4 is 34.5 Å². The standard InChI is InChI=1S/C24H25N7O5/c1-13(21(32)28-15-4-3-5-15)27-23(34)18-11-16(29-20-8-9-26-31(18)20)22(33)25-12-14-6-7-19-17(10-14)30(2)24(35)36-19/h6-11,13,15H,3-5,12H2,1-2H3,(H,25,33)(H,27,34)(H,28,32)/t13-/m0/s1. The molecule has 12 nitrogen and oxygen atoms in total. The molecule has 3 aromatic heterocycles. The summed E-state index contributed by atoms with van der Waals surface area (Å²) < 4.78 is 7.82. The second-order valence-electron chi connectivity index (χ2n) is 8.87. The lowest BCUT2D eigenvalue weighted by Crippen LogP contribution is -2.50. The zero-order valence-corrected chi connectivity index (χ0v) is 19.8. The molecule has 1 aliphatic carbocycles. The van der Waals surface area contributed by atoms with E-state index in [0.29, 0.717) is 16.7 Å². The maximum atomic E-state index is 13.0. The lowest BCUT2D eigenvalue weighted by molar-refractivity contribution is -0.123. The van der Waals surface area contributed by atoms with Crippen molar-refractivity contribution in [2.75, 3.05) is 0 Å². The smallest absolute Gasteiger partial charge is 0.408 e. The van der Waals surface area contributed by atoms with Crippen molar-refractivity contribution in [2.24, 2.45) is 7.05 Å². The summed E-state index contributed by atoms with van der Waals surface area (Å²) in [5, 5.41) is 12.5. The number of fused-ring (bicyclic) bond motifs is 2. The quantitative estimate of drug-likeness (QED) is 0.347. The molecule has 0 unspecified atom stereocenters. The highest BCUT2D eigenvalue weighted by molar-refractivity contribution is 6.00. The number of amides is 3. The van der Waals surface area contributed by atoms with Crippen molar-refractivity contribution in [2.45, 2.75) is 44.8 Å². The summed E-state index contributed by atoms with van der Waals surface area (Å²) in [6.45, 7) is 1.77. The molecule has 5 rings (SSSR count). The lowest BCUT2D eigenvalue weighted by Gasteiger charge is -2.28. The van der Waals surface area contributed by atoms with E-state index in [1.807, 2.05) is 0 Å². The van der Waals surface area contributed by atoms with Gasteiger partial charge in [-0.05, 0) is 43.9 Å². The molecule has 12 heteroatoms. The number of aromatic nitrogens is 4. The minimum absolute atomic E-state index is 0.0245. The van der Waals surface area contributed by atoms with E-state index in [-0.39, 0.29) is 29.9 Å². The largest absolute Gasteiger partial charge is 0.419 e. The Morgan fingerprint density at radius 3 is 2.72 bits per heavy atom. The van der Waals surface area contributed by atoms with Gasteiger partial charge in [-0.2, -0.15) is 5.10 Å². The molecule has 3 N–H and O–H groups in total. The van der Waals surface area contributed by atoms with Crippen molar-refractivity contribution in [1.29, 1.82) is 0 Å². The van der Waals surface area contributed by atoms with Gasteiger partial charge in [0, 0.05) is 31.8 Å². The van der Waals surface area contributed by atoms with Crippen LogP contribution in [-0.4, -0.2) is 49.0 Å². The van der Waals surface area contributed by atoms with Gasteiger partial charge in [0.2, 0.25) is 5.91 Å². The molecular formula is C24H25N7O5. The van der Waals surface area contributed by atoms with Gasteiger partial charge in [-0.1, -0.05) is 6.07 Å². The molecule has 4 aromatic rings. The predicted octanol–water partition coefficient (Wildman–Crippen LogP) is 0.891. The van der Waals surface area contributed by atoms with Crippen molar-refractivity contribution in [3.05, 3.63) is 64.0 Å². The Kier molecular flexibility index (Phi) is 6.00. The first-order valence-electron chi connectivity index (χ1n) is 11.6. The van der Waals surface area contributed by atoms with Crippen molar-refractivity contribution < 1.29 is 18.8 Å². The minimum Gasteiger partial charge on any atom is -0.408 e. The third-order valence-corrected chi connectivity index (χ3v) is 6.33. The summed E-state index contributed by atoms with van der Waals surface area (Å²) in [5.74, 6) is -1.78. The number of rotatable bonds is 7. The molecule has 1 saturated carbocycles. The first-order chi connectivity index (χ1) is 17.3. The Morgan fingerprint density at radius 2 is 1.97 bits per heavy atom. The SMILES string of the molecule is C[C@H](NC(=O)c1cc(C(=O)NCc2ccc3oc(=O)n(C)c3c2)nc2ccnn12)C(=O)NC1CCC1. The lowest BCUT2D eigenvalue weighted by atomic mass is 9.93. The molecule has 0 aliphatic heterocycles. The zero-order chi connectivity index (χ0) is 25.4. The zero-order valence-electron chi connectivity index (χ0n) is 19.8. The fourth-order valence-corrected chi connectivity index (χ4v) is 3.96. The Bertz CT molecular complexity index is 1550. The second kappa shape index (κ2) is 9.29. The topological polar surface area (TPSA) is 153 Å². The fourth-order valence-electron chi connectivity index (χ4n) is 3.96. The molecule has 0 radical (unpaired) electrons. The summed E-state index contributed by atoms with van der Waals surface area (Å²) in [4.78, 5) is 54.3. The number of hydrogen-bond donors (Lipinski definition) is 3. The summed E-state index contributed by atoms with van der Waals surface area (Å²) in [7, 11) is 1.60. The third kappa shape index (κ3) is 4.44. The highest BCUT2D eigenvalue weighted by Crippen LogP contribution is 2.18. The summed E-state index contributed by atoms with van der Waals surface area (Å²) in [6.07, 6.45) is 4.44. The number of oxazole rings is 1. The van der Waals surface area contributed by atoms with E-state index >= 15 is 0 Å². The highest BCUT2D eigenvalue weighted by atomic mass is 16.4. The number of nitrogens with one attached hydrogen (secondary N) is 3. The normalized spacial score (nSPS) is 14.4. The summed E-state index contributed by atoms with van der Waals surface area (Å²) in [6, 6.07) is 7.47. The number of nitrogens with zero attached hydrogens (tertiary/aromatic N) is 4.